The Balaban J connectivity index is 0.00000216. The number of aryl methyl sites for hydroxylation is 1. The molecule has 3 heterocycles. The number of aromatic nitrogens is 4. The van der Waals surface area contributed by atoms with Crippen molar-refractivity contribution in [3.8, 4) is 16.9 Å². The summed E-state index contributed by atoms with van der Waals surface area (Å²) in [5.41, 5.74) is 0.988. The zero-order valence-electron chi connectivity index (χ0n) is 25.2. The van der Waals surface area contributed by atoms with Crippen molar-refractivity contribution in [3.63, 3.8) is 0 Å². The third-order valence-corrected chi connectivity index (χ3v) is 7.20. The fourth-order valence-corrected chi connectivity index (χ4v) is 4.99. The van der Waals surface area contributed by atoms with Crippen molar-refractivity contribution in [2.45, 2.75) is 47.1 Å². The molecule has 0 saturated carbocycles. The Kier molecular flexibility index (Phi) is 10.9. The summed E-state index contributed by atoms with van der Waals surface area (Å²) in [7, 11) is 0. The number of nitrogens with zero attached hydrogens (tertiary/aromatic N) is 4. The number of nitrogens with one attached hydrogen (secondary N) is 3. The average molecular weight is 620 g/mol. The Morgan fingerprint density at radius 1 is 1.02 bits per heavy atom. The Bertz CT molecular complexity index is 1790. The van der Waals surface area contributed by atoms with Crippen LogP contribution in [0.4, 0.5) is 19.9 Å². The van der Waals surface area contributed by atoms with Crippen molar-refractivity contribution < 1.29 is 13.6 Å². The molecular formula is C32H35F2N7O2S. The number of hydrogen-bond acceptors (Lipinski definition) is 8. The number of amides is 1. The summed E-state index contributed by atoms with van der Waals surface area (Å²) in [6.45, 7) is 11.2. The molecule has 5 aromatic rings. The largest absolute Gasteiger partial charge is 0.354 e. The van der Waals surface area contributed by atoms with E-state index >= 15 is 0 Å². The van der Waals surface area contributed by atoms with E-state index in [0.29, 0.717) is 39.9 Å². The molecule has 0 spiro atoms. The number of fused-ring (bicyclic) bond motifs is 1. The van der Waals surface area contributed by atoms with Gasteiger partial charge >= 0.3 is 0 Å². The maximum absolute atomic E-state index is 15.0. The van der Waals surface area contributed by atoms with Gasteiger partial charge in [-0.1, -0.05) is 39.8 Å². The van der Waals surface area contributed by atoms with Gasteiger partial charge in [0.15, 0.2) is 10.8 Å². The van der Waals surface area contributed by atoms with Crippen LogP contribution < -0.4 is 21.5 Å². The fraction of sp³-hybridized carbons (Fsp3) is 0.281. The van der Waals surface area contributed by atoms with Gasteiger partial charge in [0.1, 0.15) is 17.3 Å². The maximum Gasteiger partial charge on any atom is 0.257 e. The zero-order valence-corrected chi connectivity index (χ0v) is 26.1. The molecule has 0 aliphatic carbocycles. The Morgan fingerprint density at radius 2 is 1.77 bits per heavy atom. The Morgan fingerprint density at radius 3 is 2.45 bits per heavy atom. The molecule has 0 aliphatic heterocycles. The number of thiazole rings is 1. The third kappa shape index (κ3) is 7.32. The number of rotatable bonds is 10. The summed E-state index contributed by atoms with van der Waals surface area (Å²) < 4.78 is 30.9. The van der Waals surface area contributed by atoms with Crippen LogP contribution in [0.5, 0.6) is 0 Å². The standard InChI is InChI=1S/C30H29F2N7O2S.C2H6/c1-17(2)33-12-5-13-34-29-36-25(21-16-19(9-8-18(21)3)28(41)38-30-35-14-15-42-30)20-10-11-24(40)39(27(20)37-29)26-22(31)6-4-7-23(26)32;1-2/h4,6-11,14-17,33H,5,12-13H2,1-3H3,(H,34,36,37)(H,35,38,41);1-2H3. The molecule has 0 fully saturated rings. The highest BCUT2D eigenvalue weighted by Crippen LogP contribution is 2.32. The number of halogens is 2. The van der Waals surface area contributed by atoms with E-state index in [-0.39, 0.29) is 17.5 Å². The van der Waals surface area contributed by atoms with Gasteiger partial charge in [-0.2, -0.15) is 4.98 Å². The highest BCUT2D eigenvalue weighted by atomic mass is 32.1. The Hall–Kier alpha value is -4.55. The lowest BCUT2D eigenvalue weighted by molar-refractivity contribution is 0.102. The van der Waals surface area contributed by atoms with Crippen LogP contribution in [-0.2, 0) is 0 Å². The van der Waals surface area contributed by atoms with E-state index in [4.69, 9.17) is 4.98 Å². The molecule has 1 amide bonds. The minimum Gasteiger partial charge on any atom is -0.354 e. The molecule has 3 aromatic heterocycles. The smallest absolute Gasteiger partial charge is 0.257 e. The van der Waals surface area contributed by atoms with Crippen LogP contribution in [0.1, 0.15) is 50.0 Å². The van der Waals surface area contributed by atoms with Crippen LogP contribution in [-0.4, -0.2) is 44.6 Å². The zero-order chi connectivity index (χ0) is 31.8. The molecule has 0 radical (unpaired) electrons. The maximum atomic E-state index is 15.0. The lowest BCUT2D eigenvalue weighted by Gasteiger charge is -2.16. The minimum atomic E-state index is -0.906. The van der Waals surface area contributed by atoms with E-state index in [1.807, 2.05) is 20.8 Å². The second kappa shape index (κ2) is 14.8. The first-order valence-corrected chi connectivity index (χ1v) is 15.3. The molecule has 9 nitrogen and oxygen atoms in total. The molecule has 0 aliphatic rings. The SMILES string of the molecule is CC.Cc1ccc(C(=O)Nc2nccs2)cc1-c1nc(NCCCNC(C)C)nc2c1ccc(=O)n2-c1c(F)cccc1F. The van der Waals surface area contributed by atoms with Crippen LogP contribution in [0.15, 0.2) is 64.9 Å². The first-order valence-electron chi connectivity index (χ1n) is 14.4. The molecule has 0 atom stereocenters. The lowest BCUT2D eigenvalue weighted by atomic mass is 9.99. The average Bonchev–Trinajstić information content (AvgIpc) is 3.51. The van der Waals surface area contributed by atoms with Crippen LogP contribution in [0.2, 0.25) is 0 Å². The van der Waals surface area contributed by atoms with Crippen LogP contribution >= 0.6 is 11.3 Å². The highest BCUT2D eigenvalue weighted by molar-refractivity contribution is 7.13. The van der Waals surface area contributed by atoms with E-state index < -0.39 is 22.9 Å². The molecule has 12 heteroatoms. The van der Waals surface area contributed by atoms with Crippen molar-refractivity contribution in [2.75, 3.05) is 23.7 Å². The van der Waals surface area contributed by atoms with Gasteiger partial charge in [-0.3, -0.25) is 19.5 Å². The molecule has 44 heavy (non-hydrogen) atoms. The lowest BCUT2D eigenvalue weighted by Crippen LogP contribution is -2.25. The molecular weight excluding hydrogens is 584 g/mol. The van der Waals surface area contributed by atoms with Crippen LogP contribution in [0.25, 0.3) is 28.0 Å². The highest BCUT2D eigenvalue weighted by Gasteiger charge is 2.21. The third-order valence-electron chi connectivity index (χ3n) is 6.51. The fourth-order valence-electron chi connectivity index (χ4n) is 4.47. The summed E-state index contributed by atoms with van der Waals surface area (Å²) in [5, 5.41) is 11.9. The van der Waals surface area contributed by atoms with E-state index in [0.717, 1.165) is 35.2 Å². The predicted molar refractivity (Wildman–Crippen MR) is 173 cm³/mol. The number of anilines is 2. The number of carbonyl (C=O) groups is 1. The number of pyridine rings is 1. The molecule has 230 valence electrons. The first kappa shape index (κ1) is 32.4. The first-order chi connectivity index (χ1) is 21.2. The van der Waals surface area contributed by atoms with E-state index in [9.17, 15) is 18.4 Å². The minimum absolute atomic E-state index is 0.0244. The molecule has 3 N–H and O–H groups in total. The summed E-state index contributed by atoms with van der Waals surface area (Å²) >= 11 is 1.30. The predicted octanol–water partition coefficient (Wildman–Crippen LogP) is 6.57. The molecule has 2 aromatic carbocycles. The summed E-state index contributed by atoms with van der Waals surface area (Å²) in [5.74, 6) is -1.99. The number of para-hydroxylation sites is 1. The molecule has 0 bridgehead atoms. The van der Waals surface area contributed by atoms with Gasteiger partial charge in [0.25, 0.3) is 11.5 Å². The molecule has 5 rings (SSSR count). The van der Waals surface area contributed by atoms with E-state index in [1.54, 1.807) is 29.8 Å². The monoisotopic (exact) mass is 619 g/mol. The van der Waals surface area contributed by atoms with Crippen molar-refractivity contribution in [1.82, 2.24) is 24.8 Å². The van der Waals surface area contributed by atoms with Crippen molar-refractivity contribution >= 4 is 39.4 Å². The van der Waals surface area contributed by atoms with Gasteiger partial charge in [-0.15, -0.1) is 11.3 Å². The van der Waals surface area contributed by atoms with Gasteiger partial charge in [0.2, 0.25) is 5.95 Å². The molecule has 0 unspecified atom stereocenters. The van der Waals surface area contributed by atoms with Gasteiger partial charge < -0.3 is 10.6 Å². The van der Waals surface area contributed by atoms with Gasteiger partial charge in [-0.25, -0.2) is 18.7 Å². The van der Waals surface area contributed by atoms with Crippen molar-refractivity contribution in [1.29, 1.82) is 0 Å². The summed E-state index contributed by atoms with van der Waals surface area (Å²) in [6, 6.07) is 11.7. The van der Waals surface area contributed by atoms with Crippen LogP contribution in [0, 0.1) is 18.6 Å². The summed E-state index contributed by atoms with van der Waals surface area (Å²) in [4.78, 5) is 39.5. The normalized spacial score (nSPS) is 10.9. The number of carbonyl (C=O) groups excluding carboxylic acids is 1. The van der Waals surface area contributed by atoms with E-state index in [2.05, 4.69) is 39.8 Å². The Labute approximate surface area is 258 Å². The van der Waals surface area contributed by atoms with Gasteiger partial charge in [0.05, 0.1) is 5.69 Å². The molecule has 0 saturated heterocycles. The second-order valence-electron chi connectivity index (χ2n) is 9.92. The number of benzene rings is 2. The van der Waals surface area contributed by atoms with Crippen molar-refractivity contribution in [3.05, 3.63) is 93.2 Å². The van der Waals surface area contributed by atoms with E-state index in [1.165, 1.54) is 29.5 Å². The van der Waals surface area contributed by atoms with Crippen LogP contribution in [0.3, 0.4) is 0 Å². The van der Waals surface area contributed by atoms with Crippen molar-refractivity contribution in [2.24, 2.45) is 0 Å². The quantitative estimate of drug-likeness (QED) is 0.152. The van der Waals surface area contributed by atoms with Gasteiger partial charge in [-0.05, 0) is 55.8 Å². The van der Waals surface area contributed by atoms with Gasteiger partial charge in [0, 0.05) is 46.7 Å². The summed E-state index contributed by atoms with van der Waals surface area (Å²) in [6.07, 6.45) is 2.35. The number of hydrogen-bond donors (Lipinski definition) is 3. The second-order valence-corrected chi connectivity index (χ2v) is 10.8. The topological polar surface area (TPSA) is 114 Å².